The number of halogens is 1. The maximum absolute atomic E-state index is 8.39. The zero-order valence-corrected chi connectivity index (χ0v) is 10.6. The van der Waals surface area contributed by atoms with Crippen molar-refractivity contribution >= 4 is 23.8 Å². The van der Waals surface area contributed by atoms with Crippen molar-refractivity contribution in [1.82, 2.24) is 5.48 Å². The van der Waals surface area contributed by atoms with Crippen molar-refractivity contribution in [1.29, 1.82) is 0 Å². The van der Waals surface area contributed by atoms with Gasteiger partial charge in [-0.1, -0.05) is 11.6 Å². The summed E-state index contributed by atoms with van der Waals surface area (Å²) in [5.41, 5.74) is 7.39. The minimum absolute atomic E-state index is 0.233. The first kappa shape index (κ1) is 14.1. The van der Waals surface area contributed by atoms with Gasteiger partial charge in [0.25, 0.3) is 0 Å². The van der Waals surface area contributed by atoms with Crippen LogP contribution in [0.15, 0.2) is 22.3 Å². The van der Waals surface area contributed by atoms with Gasteiger partial charge < -0.3 is 15.2 Å². The number of guanidine groups is 1. The van der Waals surface area contributed by atoms with Crippen LogP contribution in [-0.2, 0) is 0 Å². The quantitative estimate of drug-likeness (QED) is 0.431. The average Bonchev–Trinajstić information content (AvgIpc) is 2.39. The molecule has 0 saturated heterocycles. The number of hydroxylamine groups is 1. The molecule has 0 spiro atoms. The Bertz CT molecular complexity index is 476. The van der Waals surface area contributed by atoms with Crippen LogP contribution in [0.2, 0.25) is 5.02 Å². The van der Waals surface area contributed by atoms with E-state index in [4.69, 9.17) is 32.0 Å². The first-order chi connectivity index (χ1) is 8.63. The van der Waals surface area contributed by atoms with Crippen LogP contribution >= 0.6 is 11.6 Å². The summed E-state index contributed by atoms with van der Waals surface area (Å²) >= 11 is 6.10. The van der Waals surface area contributed by atoms with E-state index in [1.165, 1.54) is 20.4 Å². The van der Waals surface area contributed by atoms with E-state index in [1.807, 2.05) is 0 Å². The Balaban J connectivity index is 3.05. The van der Waals surface area contributed by atoms with Crippen molar-refractivity contribution in [3.05, 3.63) is 22.7 Å². The van der Waals surface area contributed by atoms with Gasteiger partial charge in [0, 0.05) is 5.56 Å². The van der Waals surface area contributed by atoms with Crippen molar-refractivity contribution in [3.8, 4) is 11.5 Å². The molecule has 0 unspecified atom stereocenters. The van der Waals surface area contributed by atoms with Crippen LogP contribution < -0.4 is 20.7 Å². The maximum atomic E-state index is 8.39. The molecule has 1 aromatic carbocycles. The van der Waals surface area contributed by atoms with Gasteiger partial charge in [-0.25, -0.2) is 5.48 Å². The highest BCUT2D eigenvalue weighted by molar-refractivity contribution is 6.34. The Hall–Kier alpha value is -1.99. The molecule has 18 heavy (non-hydrogen) atoms. The number of nitrogens with one attached hydrogen (secondary N) is 1. The van der Waals surface area contributed by atoms with Crippen molar-refractivity contribution in [2.45, 2.75) is 0 Å². The van der Waals surface area contributed by atoms with Crippen LogP contribution in [0, 0.1) is 0 Å². The first-order valence-corrected chi connectivity index (χ1v) is 5.19. The van der Waals surface area contributed by atoms with Crippen LogP contribution in [0.3, 0.4) is 0 Å². The number of rotatable bonds is 4. The highest BCUT2D eigenvalue weighted by Gasteiger charge is 2.11. The monoisotopic (exact) mass is 272 g/mol. The van der Waals surface area contributed by atoms with E-state index in [0.717, 1.165) is 0 Å². The standard InChI is InChI=1S/C10H13ClN4O3/c1-17-7-4-3-6(8(11)9(7)18-2)5-13-14-10(12)15-16/h3-5,16H,1-2H3,(H3,12,14,15)/b13-5+. The van der Waals surface area contributed by atoms with E-state index in [0.29, 0.717) is 22.1 Å². The summed E-state index contributed by atoms with van der Waals surface area (Å²) in [6.45, 7) is 0. The summed E-state index contributed by atoms with van der Waals surface area (Å²) < 4.78 is 10.2. The molecular formula is C10H13ClN4O3. The molecule has 0 aromatic heterocycles. The van der Waals surface area contributed by atoms with Crippen molar-refractivity contribution in [2.24, 2.45) is 15.9 Å². The summed E-state index contributed by atoms with van der Waals surface area (Å²) in [5.74, 6) is 0.683. The van der Waals surface area contributed by atoms with Gasteiger partial charge in [-0.3, -0.25) is 5.21 Å². The molecule has 7 nitrogen and oxygen atoms in total. The van der Waals surface area contributed by atoms with E-state index in [-0.39, 0.29) is 5.96 Å². The third-order valence-electron chi connectivity index (χ3n) is 1.99. The lowest BCUT2D eigenvalue weighted by Crippen LogP contribution is -2.27. The second-order valence-electron chi connectivity index (χ2n) is 3.05. The van der Waals surface area contributed by atoms with Gasteiger partial charge in [0.05, 0.1) is 25.5 Å². The minimum atomic E-state index is -0.233. The molecule has 0 heterocycles. The predicted molar refractivity (Wildman–Crippen MR) is 68.7 cm³/mol. The van der Waals surface area contributed by atoms with Crippen molar-refractivity contribution in [3.63, 3.8) is 0 Å². The molecule has 0 atom stereocenters. The first-order valence-electron chi connectivity index (χ1n) is 4.81. The minimum Gasteiger partial charge on any atom is -0.493 e. The topological polar surface area (TPSA) is 101 Å². The van der Waals surface area contributed by atoms with E-state index in [9.17, 15) is 0 Å². The summed E-state index contributed by atoms with van der Waals surface area (Å²) in [4.78, 5) is 0. The molecule has 0 radical (unpaired) electrons. The molecule has 0 amide bonds. The fourth-order valence-electron chi connectivity index (χ4n) is 1.18. The Labute approximate surface area is 109 Å². The Morgan fingerprint density at radius 3 is 2.72 bits per heavy atom. The Morgan fingerprint density at radius 2 is 2.17 bits per heavy atom. The number of ether oxygens (including phenoxy) is 2. The molecule has 0 saturated carbocycles. The van der Waals surface area contributed by atoms with Gasteiger partial charge in [-0.05, 0) is 12.1 Å². The van der Waals surface area contributed by atoms with E-state index in [1.54, 1.807) is 17.6 Å². The summed E-state index contributed by atoms with van der Waals surface area (Å²) in [6.07, 6.45) is 1.37. The third kappa shape index (κ3) is 3.25. The molecule has 0 aliphatic rings. The zero-order chi connectivity index (χ0) is 13.5. The highest BCUT2D eigenvalue weighted by atomic mass is 35.5. The smallest absolute Gasteiger partial charge is 0.237 e. The lowest BCUT2D eigenvalue weighted by atomic mass is 10.2. The van der Waals surface area contributed by atoms with Crippen LogP contribution in [0.4, 0.5) is 0 Å². The molecule has 0 fully saturated rings. The number of nitrogens with zero attached hydrogens (tertiary/aromatic N) is 2. The van der Waals surface area contributed by atoms with Crippen molar-refractivity contribution in [2.75, 3.05) is 14.2 Å². The number of methoxy groups -OCH3 is 2. The van der Waals surface area contributed by atoms with Crippen LogP contribution in [0.25, 0.3) is 0 Å². The summed E-state index contributed by atoms with van der Waals surface area (Å²) in [5, 5.41) is 15.8. The second-order valence-corrected chi connectivity index (χ2v) is 3.42. The predicted octanol–water partition coefficient (Wildman–Crippen LogP) is 0.985. The molecule has 0 aliphatic heterocycles. The average molecular weight is 273 g/mol. The molecule has 8 heteroatoms. The molecule has 1 aromatic rings. The Morgan fingerprint density at radius 1 is 1.44 bits per heavy atom. The van der Waals surface area contributed by atoms with Gasteiger partial charge in [0.1, 0.15) is 0 Å². The normalized spacial score (nSPS) is 11.7. The SMILES string of the molecule is COc1ccc(/C=N/N=C(N)NO)c(Cl)c1OC. The van der Waals surface area contributed by atoms with Gasteiger partial charge in [-0.15, -0.1) is 5.10 Å². The largest absolute Gasteiger partial charge is 0.493 e. The van der Waals surface area contributed by atoms with E-state index >= 15 is 0 Å². The lowest BCUT2D eigenvalue weighted by Gasteiger charge is -2.10. The maximum Gasteiger partial charge on any atom is 0.237 e. The van der Waals surface area contributed by atoms with Crippen molar-refractivity contribution < 1.29 is 14.7 Å². The van der Waals surface area contributed by atoms with Gasteiger partial charge >= 0.3 is 0 Å². The zero-order valence-electron chi connectivity index (χ0n) is 9.85. The molecule has 4 N–H and O–H groups in total. The van der Waals surface area contributed by atoms with Crippen LogP contribution in [0.5, 0.6) is 11.5 Å². The number of nitrogens with two attached hydrogens (primary N) is 1. The van der Waals surface area contributed by atoms with E-state index in [2.05, 4.69) is 10.2 Å². The molecule has 1 rings (SSSR count). The van der Waals surface area contributed by atoms with Crippen LogP contribution in [-0.4, -0.2) is 31.6 Å². The van der Waals surface area contributed by atoms with Gasteiger partial charge in [0.2, 0.25) is 5.96 Å². The third-order valence-corrected chi connectivity index (χ3v) is 2.38. The Kier molecular flexibility index (Phi) is 5.22. The lowest BCUT2D eigenvalue weighted by molar-refractivity contribution is 0.232. The van der Waals surface area contributed by atoms with Crippen LogP contribution in [0.1, 0.15) is 5.56 Å². The summed E-state index contributed by atoms with van der Waals surface area (Å²) in [7, 11) is 3.00. The molecule has 0 aliphatic carbocycles. The van der Waals surface area contributed by atoms with Gasteiger partial charge in [0.15, 0.2) is 11.5 Å². The van der Waals surface area contributed by atoms with E-state index < -0.39 is 0 Å². The second kappa shape index (κ2) is 6.67. The number of benzene rings is 1. The number of hydrogen-bond acceptors (Lipinski definition) is 5. The van der Waals surface area contributed by atoms with Gasteiger partial charge in [-0.2, -0.15) is 5.10 Å². The fraction of sp³-hybridized carbons (Fsp3) is 0.200. The summed E-state index contributed by atoms with van der Waals surface area (Å²) in [6, 6.07) is 3.37. The number of hydrogen-bond donors (Lipinski definition) is 3. The molecule has 98 valence electrons. The highest BCUT2D eigenvalue weighted by Crippen LogP contribution is 2.36. The fourth-order valence-corrected chi connectivity index (χ4v) is 1.46. The molecular weight excluding hydrogens is 260 g/mol. The molecule has 0 bridgehead atoms.